The molecule has 3 aromatic heterocycles. The second-order valence-corrected chi connectivity index (χ2v) is 7.27. The molecule has 1 aromatic carbocycles. The summed E-state index contributed by atoms with van der Waals surface area (Å²) in [6, 6.07) is 7.62. The molecule has 0 unspecified atom stereocenters. The van der Waals surface area contributed by atoms with Gasteiger partial charge in [-0.05, 0) is 60.4 Å². The van der Waals surface area contributed by atoms with Gasteiger partial charge >= 0.3 is 5.69 Å². The van der Waals surface area contributed by atoms with Crippen molar-refractivity contribution in [2.75, 3.05) is 24.7 Å². The number of aryl methyl sites for hydroxylation is 1. The van der Waals surface area contributed by atoms with E-state index in [-0.39, 0.29) is 30.5 Å². The van der Waals surface area contributed by atoms with Crippen molar-refractivity contribution in [2.45, 2.75) is 32.1 Å². The summed E-state index contributed by atoms with van der Waals surface area (Å²) in [4.78, 5) is 23.1. The lowest BCUT2D eigenvalue weighted by molar-refractivity contribution is 0.308. The molecule has 166 valence electrons. The monoisotopic (exact) mass is 466 g/mol. The minimum absolute atomic E-state index is 0. The van der Waals surface area contributed by atoms with Crippen LogP contribution >= 0.6 is 24.8 Å². The number of ether oxygens (including phenoxy) is 1. The summed E-state index contributed by atoms with van der Waals surface area (Å²) in [6.07, 6.45) is 5.21. The van der Waals surface area contributed by atoms with Crippen LogP contribution in [0.1, 0.15) is 31.5 Å². The maximum atomic E-state index is 11.4. The smallest absolute Gasteiger partial charge is 0.325 e. The summed E-state index contributed by atoms with van der Waals surface area (Å²) in [6.45, 7) is 2.56. The Bertz CT molecular complexity index is 1200. The number of halogens is 2. The van der Waals surface area contributed by atoms with Crippen molar-refractivity contribution in [1.82, 2.24) is 35.3 Å². The highest BCUT2D eigenvalue weighted by molar-refractivity contribution is 5.90. The minimum Gasteiger partial charge on any atom is -0.494 e. The van der Waals surface area contributed by atoms with Crippen molar-refractivity contribution in [2.24, 2.45) is 0 Å². The van der Waals surface area contributed by atoms with Crippen LogP contribution in [0.3, 0.4) is 0 Å². The third-order valence-corrected chi connectivity index (χ3v) is 5.20. The second-order valence-electron chi connectivity index (χ2n) is 7.27. The topological polar surface area (TPSA) is 118 Å². The fraction of sp³-hybridized carbons (Fsp3) is 0.421. The molecule has 0 amide bonds. The number of nitrogens with one attached hydrogen (secondary N) is 2. The first kappa shape index (κ1) is 22.8. The van der Waals surface area contributed by atoms with Gasteiger partial charge in [0.2, 0.25) is 0 Å². The maximum absolute atomic E-state index is 11.4. The summed E-state index contributed by atoms with van der Waals surface area (Å²) in [7, 11) is 0. The zero-order valence-corrected chi connectivity index (χ0v) is 18.4. The number of tetrazole rings is 1. The number of fused-ring (bicyclic) bond motifs is 2. The van der Waals surface area contributed by atoms with Crippen LogP contribution in [0.15, 0.2) is 29.1 Å². The van der Waals surface area contributed by atoms with Crippen molar-refractivity contribution in [1.29, 1.82) is 0 Å². The predicted molar refractivity (Wildman–Crippen MR) is 122 cm³/mol. The van der Waals surface area contributed by atoms with E-state index in [1.807, 2.05) is 29.1 Å². The molecule has 5 rings (SSSR count). The first-order valence-corrected chi connectivity index (χ1v) is 9.94. The molecule has 1 aliphatic heterocycles. The molecule has 4 aromatic rings. The zero-order valence-electron chi connectivity index (χ0n) is 16.8. The molecule has 0 spiro atoms. The Kier molecular flexibility index (Phi) is 7.34. The molecular formula is C19H24Cl2N8O2. The Morgan fingerprint density at radius 2 is 1.90 bits per heavy atom. The Morgan fingerprint density at radius 3 is 2.74 bits per heavy atom. The quantitative estimate of drug-likeness (QED) is 0.418. The number of rotatable bonds is 6. The van der Waals surface area contributed by atoms with Gasteiger partial charge in [0.15, 0.2) is 11.5 Å². The number of H-pyrrole nitrogens is 2. The lowest BCUT2D eigenvalue weighted by Crippen LogP contribution is -2.41. The van der Waals surface area contributed by atoms with Crippen molar-refractivity contribution >= 4 is 46.9 Å². The largest absolute Gasteiger partial charge is 0.494 e. The second kappa shape index (κ2) is 9.97. The average Bonchev–Trinajstić information content (AvgIpc) is 3.35. The molecule has 31 heavy (non-hydrogen) atoms. The molecule has 2 N–H and O–H groups in total. The van der Waals surface area contributed by atoms with Gasteiger partial charge in [-0.1, -0.05) is 0 Å². The number of imidazole rings is 1. The Balaban J connectivity index is 0.00000136. The maximum Gasteiger partial charge on any atom is 0.325 e. The molecule has 0 radical (unpaired) electrons. The van der Waals surface area contributed by atoms with Gasteiger partial charge < -0.3 is 9.72 Å². The van der Waals surface area contributed by atoms with Crippen LogP contribution in [-0.2, 0) is 6.42 Å². The summed E-state index contributed by atoms with van der Waals surface area (Å²) in [5.74, 6) is 1.64. The molecule has 1 saturated heterocycles. The van der Waals surface area contributed by atoms with E-state index in [0.717, 1.165) is 48.4 Å². The van der Waals surface area contributed by atoms with Crippen molar-refractivity contribution in [3.8, 4) is 5.75 Å². The Morgan fingerprint density at radius 1 is 1.06 bits per heavy atom. The van der Waals surface area contributed by atoms with E-state index in [1.165, 1.54) is 19.3 Å². The van der Waals surface area contributed by atoms with Gasteiger partial charge in [-0.2, -0.15) is 0 Å². The molecule has 4 heterocycles. The third-order valence-electron chi connectivity index (χ3n) is 5.20. The number of pyridine rings is 1. The number of aromatic nitrogens is 7. The number of hydrogen-bond acceptors (Lipinski definition) is 7. The van der Waals surface area contributed by atoms with E-state index >= 15 is 0 Å². The van der Waals surface area contributed by atoms with Gasteiger partial charge in [0.1, 0.15) is 5.75 Å². The molecule has 0 saturated carbocycles. The first-order valence-electron chi connectivity index (χ1n) is 9.94. The Labute approximate surface area is 190 Å². The number of nitrogens with zero attached hydrogens (tertiary/aromatic N) is 6. The number of piperidine rings is 1. The van der Waals surface area contributed by atoms with Gasteiger partial charge in [-0.3, -0.25) is 9.99 Å². The van der Waals surface area contributed by atoms with Crippen LogP contribution < -0.4 is 15.4 Å². The summed E-state index contributed by atoms with van der Waals surface area (Å²) in [5.41, 5.74) is 1.79. The standard InChI is InChI=1S/C19H22N8O2.2ClH/c28-19-21-16-12-13-11-14(6-7-15(13)20-18(16)22-19)29-10-4-5-17-23-24-25-27(17)26-8-2-1-3-9-26;;/h6-7,11-12H,1-5,8-10H2,(H2,20,21,22,28);2*1H. The molecule has 12 heteroatoms. The molecule has 0 atom stereocenters. The van der Waals surface area contributed by atoms with Crippen LogP contribution in [0.25, 0.3) is 22.1 Å². The number of benzene rings is 1. The molecule has 1 aliphatic rings. The van der Waals surface area contributed by atoms with Crippen LogP contribution in [0.5, 0.6) is 5.75 Å². The summed E-state index contributed by atoms with van der Waals surface area (Å²) >= 11 is 0. The number of aromatic amines is 2. The highest BCUT2D eigenvalue weighted by atomic mass is 35.5. The van der Waals surface area contributed by atoms with Crippen LogP contribution in [0.4, 0.5) is 0 Å². The summed E-state index contributed by atoms with van der Waals surface area (Å²) < 4.78 is 5.92. The highest BCUT2D eigenvalue weighted by Crippen LogP contribution is 2.22. The zero-order chi connectivity index (χ0) is 19.6. The fourth-order valence-electron chi connectivity index (χ4n) is 3.75. The van der Waals surface area contributed by atoms with Gasteiger partial charge in [-0.25, -0.2) is 9.78 Å². The summed E-state index contributed by atoms with van der Waals surface area (Å²) in [5, 5.41) is 15.3. The molecular weight excluding hydrogens is 443 g/mol. The van der Waals surface area contributed by atoms with E-state index in [9.17, 15) is 4.79 Å². The molecule has 0 aliphatic carbocycles. The van der Waals surface area contributed by atoms with E-state index in [0.29, 0.717) is 17.8 Å². The lowest BCUT2D eigenvalue weighted by atomic mass is 10.2. The van der Waals surface area contributed by atoms with Crippen molar-refractivity contribution in [3.05, 3.63) is 40.6 Å². The highest BCUT2D eigenvalue weighted by Gasteiger charge is 2.16. The third kappa shape index (κ3) is 4.91. The van der Waals surface area contributed by atoms with Gasteiger partial charge in [0, 0.05) is 24.9 Å². The van der Waals surface area contributed by atoms with E-state index in [2.05, 4.69) is 35.5 Å². The SMILES string of the molecule is Cl.Cl.O=c1[nH]c2cc3cc(OCCCc4nnnn4N4CCCCC4)ccc3nc2[nH]1. The predicted octanol–water partition coefficient (Wildman–Crippen LogP) is 2.37. The minimum atomic E-state index is -0.258. The van der Waals surface area contributed by atoms with E-state index < -0.39 is 0 Å². The molecule has 1 fully saturated rings. The van der Waals surface area contributed by atoms with E-state index in [1.54, 1.807) is 0 Å². The van der Waals surface area contributed by atoms with Crippen LogP contribution in [0, 0.1) is 0 Å². The first-order chi connectivity index (χ1) is 14.3. The van der Waals surface area contributed by atoms with Crippen LogP contribution in [0.2, 0.25) is 0 Å². The van der Waals surface area contributed by atoms with Gasteiger partial charge in [0.05, 0.1) is 17.6 Å². The normalized spacial score (nSPS) is 13.7. The van der Waals surface area contributed by atoms with E-state index in [4.69, 9.17) is 4.74 Å². The van der Waals surface area contributed by atoms with Gasteiger partial charge in [0.25, 0.3) is 0 Å². The molecule has 0 bridgehead atoms. The average molecular weight is 467 g/mol. The molecule has 10 nitrogen and oxygen atoms in total. The van der Waals surface area contributed by atoms with Crippen molar-refractivity contribution < 1.29 is 4.74 Å². The Hall–Kier alpha value is -2.85. The lowest BCUT2D eigenvalue weighted by Gasteiger charge is -2.28. The fourth-order valence-corrected chi connectivity index (χ4v) is 3.75. The van der Waals surface area contributed by atoms with Gasteiger partial charge in [-0.15, -0.1) is 34.7 Å². The van der Waals surface area contributed by atoms with Crippen LogP contribution in [-0.4, -0.2) is 55.0 Å². The number of hydrogen-bond donors (Lipinski definition) is 2. The van der Waals surface area contributed by atoms with Crippen molar-refractivity contribution in [3.63, 3.8) is 0 Å².